The van der Waals surface area contributed by atoms with Gasteiger partial charge in [0.1, 0.15) is 5.82 Å². The van der Waals surface area contributed by atoms with Crippen molar-refractivity contribution in [3.05, 3.63) is 22.5 Å². The number of aromatic nitrogens is 4. The molecule has 4 N–H and O–H groups in total. The first kappa shape index (κ1) is 13.9. The topological polar surface area (TPSA) is 141 Å². The number of hydrogen-bond donors (Lipinski definition) is 4. The van der Waals surface area contributed by atoms with Crippen LogP contribution in [0.25, 0.3) is 11.2 Å². The summed E-state index contributed by atoms with van der Waals surface area (Å²) in [4.78, 5) is 42.1. The molecule has 2 heterocycles. The van der Waals surface area contributed by atoms with Gasteiger partial charge in [-0.15, -0.1) is 0 Å². The monoisotopic (exact) mass is 288 g/mol. The van der Waals surface area contributed by atoms with E-state index in [9.17, 15) is 9.36 Å². The van der Waals surface area contributed by atoms with Gasteiger partial charge in [-0.25, -0.2) is 9.97 Å². The average Bonchev–Trinajstić information content (AvgIpc) is 2.75. The Labute approximate surface area is 107 Å². The van der Waals surface area contributed by atoms with Gasteiger partial charge in [-0.05, 0) is 0 Å². The normalized spacial score (nSPS) is 12.1. The van der Waals surface area contributed by atoms with E-state index in [-0.39, 0.29) is 24.9 Å². The minimum absolute atomic E-state index is 0.0425. The second-order valence-electron chi connectivity index (χ2n) is 3.86. The Morgan fingerprint density at radius 3 is 2.89 bits per heavy atom. The molecular formula is C9H13N4O5P. The molecule has 2 aromatic heterocycles. The van der Waals surface area contributed by atoms with Crippen LogP contribution in [-0.4, -0.2) is 49.1 Å². The lowest BCUT2D eigenvalue weighted by atomic mass is 10.4. The Morgan fingerprint density at radius 1 is 1.37 bits per heavy atom. The summed E-state index contributed by atoms with van der Waals surface area (Å²) in [5.41, 5.74) is 0.327. The molecule has 0 fully saturated rings. The van der Waals surface area contributed by atoms with Crippen LogP contribution in [0.3, 0.4) is 0 Å². The van der Waals surface area contributed by atoms with E-state index in [0.717, 1.165) is 0 Å². The van der Waals surface area contributed by atoms with Crippen LogP contribution in [0.1, 0.15) is 5.82 Å². The lowest BCUT2D eigenvalue weighted by Gasteiger charge is -2.05. The van der Waals surface area contributed by atoms with Gasteiger partial charge in [-0.3, -0.25) is 9.36 Å². The molecule has 0 saturated heterocycles. The number of rotatable bonds is 6. The third-order valence-electron chi connectivity index (χ3n) is 2.36. The van der Waals surface area contributed by atoms with Crippen molar-refractivity contribution in [3.8, 4) is 0 Å². The molecule has 0 bridgehead atoms. The molecule has 19 heavy (non-hydrogen) atoms. The van der Waals surface area contributed by atoms with Crippen LogP contribution >= 0.6 is 7.60 Å². The summed E-state index contributed by atoms with van der Waals surface area (Å²) in [7, 11) is -4.02. The Balaban J connectivity index is 1.88. The van der Waals surface area contributed by atoms with Gasteiger partial charge in [-0.1, -0.05) is 0 Å². The lowest BCUT2D eigenvalue weighted by molar-refractivity contribution is 0.147. The predicted octanol–water partition coefficient (Wildman–Crippen LogP) is -0.617. The van der Waals surface area contributed by atoms with Crippen LogP contribution in [0.5, 0.6) is 0 Å². The summed E-state index contributed by atoms with van der Waals surface area (Å²) in [5.74, 6) is 0.417. The molecule has 0 radical (unpaired) electrons. The molecule has 9 nitrogen and oxygen atoms in total. The second kappa shape index (κ2) is 5.62. The highest BCUT2D eigenvalue weighted by Crippen LogP contribution is 2.33. The summed E-state index contributed by atoms with van der Waals surface area (Å²) in [5, 5.41) is 0. The third-order valence-corrected chi connectivity index (χ3v) is 3.12. The number of aromatic amines is 2. The molecule has 104 valence electrons. The first-order chi connectivity index (χ1) is 8.96. The quantitative estimate of drug-likeness (QED) is 0.410. The first-order valence-electron chi connectivity index (χ1n) is 5.50. The van der Waals surface area contributed by atoms with Crippen LogP contribution < -0.4 is 5.56 Å². The van der Waals surface area contributed by atoms with Gasteiger partial charge in [-0.2, -0.15) is 0 Å². The lowest BCUT2D eigenvalue weighted by Crippen LogP contribution is -2.14. The third kappa shape index (κ3) is 3.97. The molecule has 0 amide bonds. The van der Waals surface area contributed by atoms with E-state index in [4.69, 9.17) is 14.5 Å². The zero-order valence-corrected chi connectivity index (χ0v) is 10.8. The number of nitrogens with zero attached hydrogens (tertiary/aromatic N) is 2. The Kier molecular flexibility index (Phi) is 4.11. The number of imidazole rings is 1. The zero-order chi connectivity index (χ0) is 13.9. The highest BCUT2D eigenvalue weighted by Gasteiger charge is 2.12. The van der Waals surface area contributed by atoms with Crippen molar-refractivity contribution in [1.29, 1.82) is 0 Å². The second-order valence-corrected chi connectivity index (χ2v) is 5.64. The van der Waals surface area contributed by atoms with Crippen LogP contribution in [0.15, 0.2) is 11.1 Å². The maximum absolute atomic E-state index is 11.6. The van der Waals surface area contributed by atoms with Gasteiger partial charge >= 0.3 is 7.60 Å². The smallest absolute Gasteiger partial charge is 0.327 e. The van der Waals surface area contributed by atoms with Crippen molar-refractivity contribution in [2.75, 3.05) is 19.4 Å². The summed E-state index contributed by atoms with van der Waals surface area (Å²) >= 11 is 0. The molecule has 2 aromatic rings. The van der Waals surface area contributed by atoms with Crippen LogP contribution in [-0.2, 0) is 15.7 Å². The maximum atomic E-state index is 11.6. The number of H-pyrrole nitrogens is 2. The van der Waals surface area contributed by atoms with Crippen molar-refractivity contribution in [3.63, 3.8) is 0 Å². The molecule has 2 rings (SSSR count). The fourth-order valence-corrected chi connectivity index (χ4v) is 1.83. The van der Waals surface area contributed by atoms with Gasteiger partial charge in [0, 0.05) is 6.42 Å². The van der Waals surface area contributed by atoms with Crippen LogP contribution in [0.4, 0.5) is 0 Å². The summed E-state index contributed by atoms with van der Waals surface area (Å²) < 4.78 is 15.6. The molecule has 0 aromatic carbocycles. The number of nitrogens with one attached hydrogen (secondary N) is 2. The molecule has 0 aliphatic heterocycles. The molecule has 10 heteroatoms. The fourth-order valence-electron chi connectivity index (χ4n) is 1.46. The Hall–Kier alpha value is -1.54. The molecular weight excluding hydrogens is 275 g/mol. The van der Waals surface area contributed by atoms with E-state index in [1.807, 2.05) is 0 Å². The van der Waals surface area contributed by atoms with Crippen molar-refractivity contribution < 1.29 is 19.1 Å². The largest absolute Gasteiger partial charge is 0.380 e. The minimum Gasteiger partial charge on any atom is -0.380 e. The summed E-state index contributed by atoms with van der Waals surface area (Å²) in [6.07, 6.45) is 1.39. The van der Waals surface area contributed by atoms with Gasteiger partial charge in [0.2, 0.25) is 0 Å². The first-order valence-corrected chi connectivity index (χ1v) is 7.30. The molecule has 0 unspecified atom stereocenters. The molecule has 0 spiro atoms. The average molecular weight is 288 g/mol. The van der Waals surface area contributed by atoms with Gasteiger partial charge in [0.15, 0.2) is 11.2 Å². The number of fused-ring (bicyclic) bond motifs is 1. The van der Waals surface area contributed by atoms with Gasteiger partial charge < -0.3 is 24.5 Å². The zero-order valence-electron chi connectivity index (χ0n) is 9.87. The standard InChI is InChI=1S/C9H13N4O5P/c14-9-7-8(11-5-10-7)12-6(13-9)1-2-18-3-4-19(15,16)17/h5H,1-4H2,(H2,15,16,17)(H2,10,11,12,13,14). The van der Waals surface area contributed by atoms with Crippen molar-refractivity contribution in [2.45, 2.75) is 6.42 Å². The fraction of sp³-hybridized carbons (Fsp3) is 0.444. The van der Waals surface area contributed by atoms with E-state index in [1.165, 1.54) is 6.33 Å². The summed E-state index contributed by atoms with van der Waals surface area (Å²) in [6.45, 7) is 0.165. The van der Waals surface area contributed by atoms with E-state index >= 15 is 0 Å². The van der Waals surface area contributed by atoms with Crippen molar-refractivity contribution in [2.24, 2.45) is 0 Å². The Morgan fingerprint density at radius 2 is 2.16 bits per heavy atom. The molecule has 0 saturated carbocycles. The molecule has 0 atom stereocenters. The van der Waals surface area contributed by atoms with Crippen molar-refractivity contribution >= 4 is 18.8 Å². The maximum Gasteiger partial charge on any atom is 0.327 e. The molecule has 0 aliphatic rings. The van der Waals surface area contributed by atoms with Gasteiger partial charge in [0.25, 0.3) is 5.56 Å². The highest BCUT2D eigenvalue weighted by molar-refractivity contribution is 7.51. The Bertz CT molecular complexity index is 660. The highest BCUT2D eigenvalue weighted by atomic mass is 31.2. The number of hydrogen-bond acceptors (Lipinski definition) is 5. The SMILES string of the molecule is O=c1[nH]c(CCOCCP(=O)(O)O)nc2nc[nH]c12. The van der Waals surface area contributed by atoms with Crippen LogP contribution in [0, 0.1) is 0 Å². The predicted molar refractivity (Wildman–Crippen MR) is 65.9 cm³/mol. The van der Waals surface area contributed by atoms with Crippen LogP contribution in [0.2, 0.25) is 0 Å². The molecule has 0 aliphatic carbocycles. The van der Waals surface area contributed by atoms with E-state index in [0.29, 0.717) is 23.4 Å². The number of ether oxygens (including phenoxy) is 1. The summed E-state index contributed by atoms with van der Waals surface area (Å²) in [6, 6.07) is 0. The van der Waals surface area contributed by atoms with Crippen molar-refractivity contribution in [1.82, 2.24) is 19.9 Å². The van der Waals surface area contributed by atoms with E-state index in [1.54, 1.807) is 0 Å². The minimum atomic E-state index is -4.02. The van der Waals surface area contributed by atoms with E-state index in [2.05, 4.69) is 19.9 Å². The van der Waals surface area contributed by atoms with Gasteiger partial charge in [0.05, 0.1) is 25.7 Å². The van der Waals surface area contributed by atoms with E-state index < -0.39 is 7.60 Å².